The van der Waals surface area contributed by atoms with Crippen LogP contribution in [-0.4, -0.2) is 23.6 Å². The van der Waals surface area contributed by atoms with E-state index in [1.54, 1.807) is 31.2 Å². The molecule has 4 nitrogen and oxygen atoms in total. The van der Waals surface area contributed by atoms with Gasteiger partial charge in [0.2, 0.25) is 0 Å². The maximum atomic E-state index is 11.4. The van der Waals surface area contributed by atoms with Crippen LogP contribution in [-0.2, 0) is 4.79 Å². The summed E-state index contributed by atoms with van der Waals surface area (Å²) in [5, 5.41) is 12.2. The number of carbonyl (C=O) groups is 1. The first-order valence-corrected chi connectivity index (χ1v) is 4.87. The Morgan fingerprint density at radius 1 is 1.47 bits per heavy atom. The lowest BCUT2D eigenvalue weighted by Crippen LogP contribution is -2.37. The van der Waals surface area contributed by atoms with E-state index >= 15 is 0 Å². The van der Waals surface area contributed by atoms with Crippen LogP contribution in [0, 0.1) is 0 Å². The number of nitrogens with two attached hydrogens (primary N) is 1. The first-order chi connectivity index (χ1) is 7.11. The SMILES string of the molecule is CC(N)CNC(=O)C(O)c1ccccc1. The highest BCUT2D eigenvalue weighted by Crippen LogP contribution is 2.11. The van der Waals surface area contributed by atoms with Gasteiger partial charge in [0, 0.05) is 12.6 Å². The van der Waals surface area contributed by atoms with E-state index in [9.17, 15) is 9.90 Å². The van der Waals surface area contributed by atoms with Gasteiger partial charge in [-0.05, 0) is 12.5 Å². The predicted octanol–water partition coefficient (Wildman–Crippen LogP) is 0.183. The second-order valence-corrected chi connectivity index (χ2v) is 3.54. The van der Waals surface area contributed by atoms with Crippen molar-refractivity contribution in [2.75, 3.05) is 6.54 Å². The van der Waals surface area contributed by atoms with Gasteiger partial charge in [-0.1, -0.05) is 30.3 Å². The average molecular weight is 208 g/mol. The maximum Gasteiger partial charge on any atom is 0.253 e. The second-order valence-electron chi connectivity index (χ2n) is 3.54. The molecule has 2 unspecified atom stereocenters. The topological polar surface area (TPSA) is 75.3 Å². The molecule has 0 aliphatic carbocycles. The van der Waals surface area contributed by atoms with Crippen LogP contribution in [0.4, 0.5) is 0 Å². The van der Waals surface area contributed by atoms with E-state index in [0.717, 1.165) is 0 Å². The van der Waals surface area contributed by atoms with Gasteiger partial charge in [-0.25, -0.2) is 0 Å². The number of amides is 1. The number of nitrogens with one attached hydrogen (secondary N) is 1. The van der Waals surface area contributed by atoms with E-state index in [0.29, 0.717) is 12.1 Å². The molecule has 0 aliphatic heterocycles. The van der Waals surface area contributed by atoms with Crippen LogP contribution in [0.25, 0.3) is 0 Å². The number of aliphatic hydroxyl groups excluding tert-OH is 1. The third-order valence-corrected chi connectivity index (χ3v) is 1.96. The third-order valence-electron chi connectivity index (χ3n) is 1.96. The van der Waals surface area contributed by atoms with Crippen molar-refractivity contribution < 1.29 is 9.90 Å². The van der Waals surface area contributed by atoms with Gasteiger partial charge in [-0.15, -0.1) is 0 Å². The Morgan fingerprint density at radius 3 is 2.60 bits per heavy atom. The Balaban J connectivity index is 2.54. The molecule has 4 N–H and O–H groups in total. The van der Waals surface area contributed by atoms with Crippen molar-refractivity contribution in [3.8, 4) is 0 Å². The Morgan fingerprint density at radius 2 is 2.07 bits per heavy atom. The van der Waals surface area contributed by atoms with Gasteiger partial charge in [0.25, 0.3) is 5.91 Å². The highest BCUT2D eigenvalue weighted by Gasteiger charge is 2.16. The van der Waals surface area contributed by atoms with E-state index in [1.165, 1.54) is 0 Å². The summed E-state index contributed by atoms with van der Waals surface area (Å²) >= 11 is 0. The zero-order valence-corrected chi connectivity index (χ0v) is 8.68. The summed E-state index contributed by atoms with van der Waals surface area (Å²) < 4.78 is 0. The molecule has 82 valence electrons. The number of aliphatic hydroxyl groups is 1. The molecule has 0 aromatic heterocycles. The molecule has 0 fully saturated rings. The summed E-state index contributed by atoms with van der Waals surface area (Å²) in [6.07, 6.45) is -1.12. The van der Waals surface area contributed by atoms with Crippen molar-refractivity contribution in [2.45, 2.75) is 19.1 Å². The second kappa shape index (κ2) is 5.48. The smallest absolute Gasteiger partial charge is 0.253 e. The Bertz CT molecular complexity index is 312. The largest absolute Gasteiger partial charge is 0.378 e. The predicted molar refractivity (Wildman–Crippen MR) is 58.1 cm³/mol. The van der Waals surface area contributed by atoms with Crippen LogP contribution in [0.15, 0.2) is 30.3 Å². The molecule has 0 bridgehead atoms. The maximum absolute atomic E-state index is 11.4. The summed E-state index contributed by atoms with van der Waals surface area (Å²) in [5.74, 6) is -0.418. The summed E-state index contributed by atoms with van der Waals surface area (Å²) in [6.45, 7) is 2.15. The lowest BCUT2D eigenvalue weighted by Gasteiger charge is -2.12. The zero-order valence-electron chi connectivity index (χ0n) is 8.68. The minimum absolute atomic E-state index is 0.114. The summed E-state index contributed by atoms with van der Waals surface area (Å²) in [5.41, 5.74) is 6.07. The van der Waals surface area contributed by atoms with Crippen LogP contribution in [0.2, 0.25) is 0 Å². The van der Waals surface area contributed by atoms with Gasteiger partial charge >= 0.3 is 0 Å². The number of hydrogen-bond acceptors (Lipinski definition) is 3. The average Bonchev–Trinajstić information content (AvgIpc) is 2.26. The van der Waals surface area contributed by atoms with Crippen molar-refractivity contribution in [3.63, 3.8) is 0 Å². The summed E-state index contributed by atoms with van der Waals surface area (Å²) in [4.78, 5) is 11.4. The van der Waals surface area contributed by atoms with E-state index in [2.05, 4.69) is 5.32 Å². The molecule has 0 saturated carbocycles. The molecule has 0 spiro atoms. The van der Waals surface area contributed by atoms with Crippen molar-refractivity contribution in [1.29, 1.82) is 0 Å². The summed E-state index contributed by atoms with van der Waals surface area (Å²) in [6, 6.07) is 8.67. The highest BCUT2D eigenvalue weighted by molar-refractivity contribution is 5.81. The molecule has 1 aromatic rings. The van der Waals surface area contributed by atoms with Gasteiger partial charge in [0.05, 0.1) is 0 Å². The number of carbonyl (C=O) groups excluding carboxylic acids is 1. The number of hydrogen-bond donors (Lipinski definition) is 3. The molecule has 1 aromatic carbocycles. The molecule has 4 heteroatoms. The van der Waals surface area contributed by atoms with Crippen LogP contribution in [0.1, 0.15) is 18.6 Å². The fourth-order valence-corrected chi connectivity index (χ4v) is 1.14. The monoisotopic (exact) mass is 208 g/mol. The van der Waals surface area contributed by atoms with Gasteiger partial charge in [0.15, 0.2) is 6.10 Å². The normalized spacial score (nSPS) is 14.3. The molecule has 2 atom stereocenters. The number of benzene rings is 1. The lowest BCUT2D eigenvalue weighted by molar-refractivity contribution is -0.129. The minimum Gasteiger partial charge on any atom is -0.378 e. The van der Waals surface area contributed by atoms with Crippen molar-refractivity contribution in [1.82, 2.24) is 5.32 Å². The quantitative estimate of drug-likeness (QED) is 0.661. The van der Waals surface area contributed by atoms with Crippen LogP contribution in [0.3, 0.4) is 0 Å². The summed E-state index contributed by atoms with van der Waals surface area (Å²) in [7, 11) is 0. The van der Waals surface area contributed by atoms with E-state index in [1.807, 2.05) is 6.07 Å². The van der Waals surface area contributed by atoms with Gasteiger partial charge in [-0.2, -0.15) is 0 Å². The van der Waals surface area contributed by atoms with Crippen molar-refractivity contribution in [2.24, 2.45) is 5.73 Å². The third kappa shape index (κ3) is 3.69. The minimum atomic E-state index is -1.12. The zero-order chi connectivity index (χ0) is 11.3. The van der Waals surface area contributed by atoms with Gasteiger partial charge < -0.3 is 16.2 Å². The van der Waals surface area contributed by atoms with E-state index in [4.69, 9.17) is 5.73 Å². The van der Waals surface area contributed by atoms with Gasteiger partial charge in [0.1, 0.15) is 0 Å². The van der Waals surface area contributed by atoms with Gasteiger partial charge in [-0.3, -0.25) is 4.79 Å². The fraction of sp³-hybridized carbons (Fsp3) is 0.364. The fourth-order valence-electron chi connectivity index (χ4n) is 1.14. The van der Waals surface area contributed by atoms with Crippen molar-refractivity contribution in [3.05, 3.63) is 35.9 Å². The molecular weight excluding hydrogens is 192 g/mol. The van der Waals surface area contributed by atoms with E-state index < -0.39 is 12.0 Å². The number of rotatable bonds is 4. The standard InChI is InChI=1S/C11H16N2O2/c1-8(12)7-13-11(15)10(14)9-5-3-2-4-6-9/h2-6,8,10,14H,7,12H2,1H3,(H,13,15). The molecule has 1 rings (SSSR count). The molecule has 0 radical (unpaired) electrons. The van der Waals surface area contributed by atoms with Crippen LogP contribution < -0.4 is 11.1 Å². The molecule has 0 heterocycles. The molecule has 0 aliphatic rings. The Hall–Kier alpha value is -1.39. The molecule has 0 saturated heterocycles. The van der Waals surface area contributed by atoms with E-state index in [-0.39, 0.29) is 6.04 Å². The Kier molecular flexibility index (Phi) is 4.27. The molecule has 15 heavy (non-hydrogen) atoms. The van der Waals surface area contributed by atoms with Crippen molar-refractivity contribution >= 4 is 5.91 Å². The van der Waals surface area contributed by atoms with Crippen LogP contribution >= 0.6 is 0 Å². The molecular formula is C11H16N2O2. The lowest BCUT2D eigenvalue weighted by atomic mass is 10.1. The van der Waals surface area contributed by atoms with Crippen LogP contribution in [0.5, 0.6) is 0 Å². The highest BCUT2D eigenvalue weighted by atomic mass is 16.3. The first kappa shape index (κ1) is 11.7. The molecule has 1 amide bonds. The Labute approximate surface area is 89.1 Å². The first-order valence-electron chi connectivity index (χ1n) is 4.87.